The summed E-state index contributed by atoms with van der Waals surface area (Å²) in [5, 5.41) is 5.50. The average molecular weight is 302 g/mol. The first kappa shape index (κ1) is 16.1. The Labute approximate surface area is 130 Å². The van der Waals surface area contributed by atoms with Crippen molar-refractivity contribution in [3.63, 3.8) is 0 Å². The van der Waals surface area contributed by atoms with Gasteiger partial charge in [-0.05, 0) is 51.0 Å². The number of amides is 2. The van der Waals surface area contributed by atoms with Crippen LogP contribution in [0.2, 0.25) is 0 Å². The largest absolute Gasteiger partial charge is 0.491 e. The molecule has 0 saturated heterocycles. The van der Waals surface area contributed by atoms with E-state index in [1.165, 1.54) is 0 Å². The van der Waals surface area contributed by atoms with Gasteiger partial charge in [0, 0.05) is 12.2 Å². The van der Waals surface area contributed by atoms with E-state index in [2.05, 4.69) is 17.2 Å². The topological polar surface area (TPSA) is 67.4 Å². The lowest BCUT2D eigenvalue weighted by Gasteiger charge is -2.15. The lowest BCUT2D eigenvalue weighted by molar-refractivity contribution is -0.134. The molecule has 0 atom stereocenters. The average Bonchev–Trinajstić information content (AvgIpc) is 3.28. The second-order valence-electron chi connectivity index (χ2n) is 5.73. The third kappa shape index (κ3) is 3.67. The van der Waals surface area contributed by atoms with Crippen LogP contribution in [0.25, 0.3) is 0 Å². The van der Waals surface area contributed by atoms with Gasteiger partial charge in [-0.3, -0.25) is 9.59 Å². The number of carbonyl (C=O) groups excluding carboxylic acids is 2. The lowest BCUT2D eigenvalue weighted by atomic mass is 10.1. The molecule has 0 aliphatic heterocycles. The highest BCUT2D eigenvalue weighted by Crippen LogP contribution is 2.46. The molecule has 1 aromatic carbocycles. The van der Waals surface area contributed by atoms with Gasteiger partial charge < -0.3 is 15.4 Å². The van der Waals surface area contributed by atoms with Crippen molar-refractivity contribution in [3.05, 3.63) is 36.9 Å². The van der Waals surface area contributed by atoms with E-state index in [0.717, 1.165) is 5.75 Å². The molecule has 1 aromatic rings. The molecule has 0 unspecified atom stereocenters. The summed E-state index contributed by atoms with van der Waals surface area (Å²) in [4.78, 5) is 24.4. The van der Waals surface area contributed by atoms with Crippen LogP contribution in [0.3, 0.4) is 0 Å². The fourth-order valence-corrected chi connectivity index (χ4v) is 2.16. The molecule has 22 heavy (non-hydrogen) atoms. The van der Waals surface area contributed by atoms with Crippen molar-refractivity contribution in [1.29, 1.82) is 0 Å². The summed E-state index contributed by atoms with van der Waals surface area (Å²) in [5.74, 6) is 0.258. The van der Waals surface area contributed by atoms with Crippen molar-refractivity contribution >= 4 is 17.5 Å². The standard InChI is InChI=1S/C17H22N2O3/c1-4-11-18-15(20)17(9-10-17)16(21)19-13-5-7-14(8-6-13)22-12(2)3/h4-8,12H,1,9-11H2,2-3H3,(H,18,20)(H,19,21). The van der Waals surface area contributed by atoms with Crippen LogP contribution in [0.5, 0.6) is 5.75 Å². The fourth-order valence-electron chi connectivity index (χ4n) is 2.16. The van der Waals surface area contributed by atoms with E-state index in [9.17, 15) is 9.59 Å². The Hall–Kier alpha value is -2.30. The second-order valence-corrected chi connectivity index (χ2v) is 5.73. The summed E-state index contributed by atoms with van der Waals surface area (Å²) in [7, 11) is 0. The minimum absolute atomic E-state index is 0.101. The number of ether oxygens (including phenoxy) is 1. The van der Waals surface area contributed by atoms with Crippen LogP contribution >= 0.6 is 0 Å². The van der Waals surface area contributed by atoms with E-state index in [1.54, 1.807) is 30.3 Å². The van der Waals surface area contributed by atoms with E-state index in [4.69, 9.17) is 4.74 Å². The normalized spacial score (nSPS) is 15.0. The molecule has 5 heteroatoms. The Bertz CT molecular complexity index is 560. The van der Waals surface area contributed by atoms with Gasteiger partial charge in [0.1, 0.15) is 11.2 Å². The molecule has 0 heterocycles. The molecule has 1 aliphatic carbocycles. The third-order valence-electron chi connectivity index (χ3n) is 3.51. The molecule has 118 valence electrons. The maximum atomic E-state index is 12.3. The molecule has 2 amide bonds. The highest BCUT2D eigenvalue weighted by atomic mass is 16.5. The molecule has 0 spiro atoms. The van der Waals surface area contributed by atoms with Crippen molar-refractivity contribution in [3.8, 4) is 5.75 Å². The predicted molar refractivity (Wildman–Crippen MR) is 85.7 cm³/mol. The second kappa shape index (κ2) is 6.64. The predicted octanol–water partition coefficient (Wildman–Crippen LogP) is 2.49. The van der Waals surface area contributed by atoms with E-state index in [1.807, 2.05) is 13.8 Å². The first-order chi connectivity index (χ1) is 10.5. The number of carbonyl (C=O) groups is 2. The van der Waals surface area contributed by atoms with Crippen LogP contribution in [0, 0.1) is 5.41 Å². The van der Waals surface area contributed by atoms with Crippen molar-refractivity contribution < 1.29 is 14.3 Å². The summed E-state index contributed by atoms with van der Waals surface area (Å²) in [6, 6.07) is 7.14. The number of nitrogens with one attached hydrogen (secondary N) is 2. The van der Waals surface area contributed by atoms with Gasteiger partial charge in [-0.25, -0.2) is 0 Å². The van der Waals surface area contributed by atoms with Crippen LogP contribution in [-0.2, 0) is 9.59 Å². The molecular formula is C17H22N2O3. The highest BCUT2D eigenvalue weighted by molar-refractivity contribution is 6.13. The summed E-state index contributed by atoms with van der Waals surface area (Å²) in [5.41, 5.74) is -0.264. The third-order valence-corrected chi connectivity index (χ3v) is 3.51. The number of anilines is 1. The maximum Gasteiger partial charge on any atom is 0.240 e. The quantitative estimate of drug-likeness (QED) is 0.600. The van der Waals surface area contributed by atoms with Crippen LogP contribution in [0.1, 0.15) is 26.7 Å². The Balaban J connectivity index is 1.97. The van der Waals surface area contributed by atoms with Crippen molar-refractivity contribution in [2.75, 3.05) is 11.9 Å². The number of rotatable bonds is 7. The van der Waals surface area contributed by atoms with Crippen molar-refractivity contribution in [2.24, 2.45) is 5.41 Å². The fraction of sp³-hybridized carbons (Fsp3) is 0.412. The van der Waals surface area contributed by atoms with Gasteiger partial charge in [0.25, 0.3) is 0 Å². The van der Waals surface area contributed by atoms with Crippen LogP contribution in [0.4, 0.5) is 5.69 Å². The van der Waals surface area contributed by atoms with Crippen LogP contribution in [-0.4, -0.2) is 24.5 Å². The van der Waals surface area contributed by atoms with E-state index < -0.39 is 5.41 Å². The highest BCUT2D eigenvalue weighted by Gasteiger charge is 2.56. The Morgan fingerprint density at radius 3 is 2.41 bits per heavy atom. The van der Waals surface area contributed by atoms with Gasteiger partial charge in [0.2, 0.25) is 11.8 Å². The number of hydrogen-bond donors (Lipinski definition) is 2. The van der Waals surface area contributed by atoms with Gasteiger partial charge in [0.05, 0.1) is 6.10 Å². The molecule has 1 fully saturated rings. The zero-order valence-corrected chi connectivity index (χ0v) is 13.0. The Kier molecular flexibility index (Phi) is 4.85. The minimum atomic E-state index is -0.921. The smallest absolute Gasteiger partial charge is 0.240 e. The molecule has 1 aliphatic rings. The Morgan fingerprint density at radius 1 is 1.27 bits per heavy atom. The monoisotopic (exact) mass is 302 g/mol. The van der Waals surface area contributed by atoms with Gasteiger partial charge >= 0.3 is 0 Å². The van der Waals surface area contributed by atoms with Crippen LogP contribution < -0.4 is 15.4 Å². The minimum Gasteiger partial charge on any atom is -0.491 e. The molecule has 0 radical (unpaired) electrons. The van der Waals surface area contributed by atoms with Gasteiger partial charge in [-0.1, -0.05) is 6.08 Å². The molecule has 5 nitrogen and oxygen atoms in total. The summed E-state index contributed by atoms with van der Waals surface area (Å²) >= 11 is 0. The molecule has 1 saturated carbocycles. The van der Waals surface area contributed by atoms with E-state index >= 15 is 0 Å². The number of benzene rings is 1. The zero-order chi connectivity index (χ0) is 16.2. The summed E-state index contributed by atoms with van der Waals surface area (Å²) < 4.78 is 5.55. The first-order valence-electron chi connectivity index (χ1n) is 7.45. The maximum absolute atomic E-state index is 12.3. The molecule has 2 rings (SSSR count). The van der Waals surface area contributed by atoms with Gasteiger partial charge in [-0.15, -0.1) is 6.58 Å². The Morgan fingerprint density at radius 2 is 1.91 bits per heavy atom. The van der Waals surface area contributed by atoms with Crippen molar-refractivity contribution in [2.45, 2.75) is 32.8 Å². The zero-order valence-electron chi connectivity index (χ0n) is 13.0. The lowest BCUT2D eigenvalue weighted by Crippen LogP contribution is -2.40. The SMILES string of the molecule is C=CCNC(=O)C1(C(=O)Nc2ccc(OC(C)C)cc2)CC1. The molecule has 0 aromatic heterocycles. The molecule has 0 bridgehead atoms. The van der Waals surface area contributed by atoms with E-state index in [0.29, 0.717) is 25.1 Å². The van der Waals surface area contributed by atoms with Crippen molar-refractivity contribution in [1.82, 2.24) is 5.32 Å². The van der Waals surface area contributed by atoms with Gasteiger partial charge in [0.15, 0.2) is 0 Å². The van der Waals surface area contributed by atoms with Gasteiger partial charge in [-0.2, -0.15) is 0 Å². The summed E-state index contributed by atoms with van der Waals surface area (Å²) in [6.07, 6.45) is 2.86. The first-order valence-corrected chi connectivity index (χ1v) is 7.45. The van der Waals surface area contributed by atoms with E-state index in [-0.39, 0.29) is 17.9 Å². The number of hydrogen-bond acceptors (Lipinski definition) is 3. The van der Waals surface area contributed by atoms with Crippen LogP contribution in [0.15, 0.2) is 36.9 Å². The summed E-state index contributed by atoms with van der Waals surface area (Å²) in [6.45, 7) is 7.82. The molecule has 2 N–H and O–H groups in total. The molecular weight excluding hydrogens is 280 g/mol.